The van der Waals surface area contributed by atoms with Gasteiger partial charge in [0.15, 0.2) is 0 Å². The fourth-order valence-corrected chi connectivity index (χ4v) is 1.36. The lowest BCUT2D eigenvalue weighted by atomic mass is 10.2. The fraction of sp³-hybridized carbons (Fsp3) is 0.545. The Morgan fingerprint density at radius 3 is 2.78 bits per heavy atom. The van der Waals surface area contributed by atoms with Crippen molar-refractivity contribution in [1.29, 1.82) is 0 Å². The van der Waals surface area contributed by atoms with Crippen molar-refractivity contribution in [2.75, 3.05) is 26.1 Å². The predicted molar refractivity (Wildman–Crippen MR) is 64.9 cm³/mol. The van der Waals surface area contributed by atoms with Gasteiger partial charge in [0.2, 0.25) is 11.8 Å². The molecule has 1 rings (SSSR count). The van der Waals surface area contributed by atoms with E-state index in [2.05, 4.69) is 15.3 Å². The van der Waals surface area contributed by atoms with Gasteiger partial charge in [0, 0.05) is 31.9 Å². The first-order chi connectivity index (χ1) is 8.56. The van der Waals surface area contributed by atoms with E-state index in [9.17, 15) is 4.79 Å². The molecule has 0 spiro atoms. The lowest BCUT2D eigenvalue weighted by molar-refractivity contribution is -0.138. The van der Waals surface area contributed by atoms with Gasteiger partial charge in [-0.1, -0.05) is 0 Å². The number of rotatable bonds is 7. The average molecular weight is 255 g/mol. The van der Waals surface area contributed by atoms with Crippen molar-refractivity contribution < 1.29 is 19.4 Å². The molecule has 0 saturated heterocycles. The zero-order chi connectivity index (χ0) is 13.5. The van der Waals surface area contributed by atoms with Crippen LogP contribution in [0.1, 0.15) is 12.1 Å². The first-order valence-corrected chi connectivity index (χ1v) is 5.44. The van der Waals surface area contributed by atoms with Crippen LogP contribution < -0.4 is 10.1 Å². The van der Waals surface area contributed by atoms with Gasteiger partial charge in [-0.2, -0.15) is 4.98 Å². The Morgan fingerprint density at radius 1 is 1.50 bits per heavy atom. The Hall–Kier alpha value is -1.89. The van der Waals surface area contributed by atoms with Crippen molar-refractivity contribution in [2.24, 2.45) is 0 Å². The maximum atomic E-state index is 11.0. The molecule has 1 atom stereocenters. The monoisotopic (exact) mass is 255 g/mol. The molecule has 0 radical (unpaired) electrons. The smallest absolute Gasteiger partial charge is 0.326 e. The van der Waals surface area contributed by atoms with E-state index in [-0.39, 0.29) is 5.95 Å². The van der Waals surface area contributed by atoms with Crippen molar-refractivity contribution >= 4 is 11.9 Å². The van der Waals surface area contributed by atoms with Gasteiger partial charge in [-0.15, -0.1) is 0 Å². The predicted octanol–water partition coefficient (Wildman–Crippen LogP) is 0.695. The summed E-state index contributed by atoms with van der Waals surface area (Å²) >= 11 is 0. The summed E-state index contributed by atoms with van der Waals surface area (Å²) in [6.45, 7) is 2.12. The summed E-state index contributed by atoms with van der Waals surface area (Å²) in [5.74, 6) is -0.354. The zero-order valence-electron chi connectivity index (χ0n) is 10.6. The molecule has 1 heterocycles. The van der Waals surface area contributed by atoms with Crippen LogP contribution in [0.25, 0.3) is 0 Å². The number of anilines is 1. The van der Waals surface area contributed by atoms with Gasteiger partial charge in [-0.3, -0.25) is 0 Å². The van der Waals surface area contributed by atoms with E-state index in [0.717, 1.165) is 0 Å². The minimum atomic E-state index is -0.976. The second kappa shape index (κ2) is 6.75. The Morgan fingerprint density at radius 2 is 2.22 bits per heavy atom. The van der Waals surface area contributed by atoms with E-state index in [1.807, 2.05) is 0 Å². The molecule has 0 bridgehead atoms. The summed E-state index contributed by atoms with van der Waals surface area (Å²) in [7, 11) is 3.01. The van der Waals surface area contributed by atoms with Gasteiger partial charge in [-0.05, 0) is 6.92 Å². The van der Waals surface area contributed by atoms with Gasteiger partial charge in [0.25, 0.3) is 0 Å². The van der Waals surface area contributed by atoms with E-state index in [1.54, 1.807) is 13.0 Å². The van der Waals surface area contributed by atoms with Crippen LogP contribution in [0.2, 0.25) is 0 Å². The van der Waals surface area contributed by atoms with Crippen LogP contribution in [0.3, 0.4) is 0 Å². The number of aryl methyl sites for hydroxylation is 1. The Balaban J connectivity index is 2.79. The van der Waals surface area contributed by atoms with Crippen LogP contribution in [0, 0.1) is 6.92 Å². The second-order valence-corrected chi connectivity index (χ2v) is 3.69. The Kier molecular flexibility index (Phi) is 5.31. The quantitative estimate of drug-likeness (QED) is 0.740. The summed E-state index contributed by atoms with van der Waals surface area (Å²) in [4.78, 5) is 19.2. The molecule has 7 heteroatoms. The second-order valence-electron chi connectivity index (χ2n) is 3.69. The first-order valence-electron chi connectivity index (χ1n) is 5.44. The van der Waals surface area contributed by atoms with E-state index < -0.39 is 12.0 Å². The molecular formula is C11H17N3O4. The van der Waals surface area contributed by atoms with Crippen LogP contribution in [0.15, 0.2) is 6.07 Å². The number of carboxylic acid groups (broad SMARTS) is 1. The summed E-state index contributed by atoms with van der Waals surface area (Å²) in [6, 6.07) is 0.868. The van der Waals surface area contributed by atoms with Crippen molar-refractivity contribution in [3.8, 4) is 5.88 Å². The van der Waals surface area contributed by atoms with E-state index >= 15 is 0 Å². The van der Waals surface area contributed by atoms with Crippen LogP contribution in [-0.4, -0.2) is 47.9 Å². The molecule has 1 unspecified atom stereocenters. The molecule has 2 N–H and O–H groups in total. The molecule has 1 aromatic rings. The lowest BCUT2D eigenvalue weighted by Crippen LogP contribution is -2.31. The highest BCUT2D eigenvalue weighted by Gasteiger charge is 2.18. The first kappa shape index (κ1) is 14.2. The maximum absolute atomic E-state index is 11.0. The minimum absolute atomic E-state index is 0.232. The summed E-state index contributed by atoms with van der Waals surface area (Å²) in [5, 5.41) is 11.8. The molecule has 0 aliphatic heterocycles. The van der Waals surface area contributed by atoms with Crippen LogP contribution >= 0.6 is 0 Å². The average Bonchev–Trinajstić information content (AvgIpc) is 2.33. The number of aliphatic carboxylic acids is 1. The van der Waals surface area contributed by atoms with Crippen LogP contribution in [-0.2, 0) is 9.53 Å². The number of ether oxygens (including phenoxy) is 2. The molecule has 0 aliphatic carbocycles. The molecule has 0 aliphatic rings. The third kappa shape index (κ3) is 4.17. The Bertz CT molecular complexity index is 411. The molecule has 0 aromatic carbocycles. The molecule has 0 saturated carbocycles. The SMILES string of the molecule is COCCC(Nc1nc(C)cc(OC)n1)C(=O)O. The van der Waals surface area contributed by atoms with Gasteiger partial charge < -0.3 is 19.9 Å². The van der Waals surface area contributed by atoms with Gasteiger partial charge in [-0.25, -0.2) is 9.78 Å². The highest BCUT2D eigenvalue weighted by Crippen LogP contribution is 2.12. The molecular weight excluding hydrogens is 238 g/mol. The number of hydrogen-bond acceptors (Lipinski definition) is 6. The largest absolute Gasteiger partial charge is 0.481 e. The zero-order valence-corrected chi connectivity index (χ0v) is 10.6. The minimum Gasteiger partial charge on any atom is -0.481 e. The number of nitrogens with one attached hydrogen (secondary N) is 1. The number of hydrogen-bond donors (Lipinski definition) is 2. The number of carboxylic acids is 1. The highest BCUT2D eigenvalue weighted by molar-refractivity contribution is 5.76. The van der Waals surface area contributed by atoms with Crippen LogP contribution in [0.5, 0.6) is 5.88 Å². The summed E-state index contributed by atoms with van der Waals surface area (Å²) in [6.07, 6.45) is 0.325. The number of nitrogens with zero attached hydrogens (tertiary/aromatic N) is 2. The summed E-state index contributed by atoms with van der Waals surface area (Å²) < 4.78 is 9.86. The van der Waals surface area contributed by atoms with E-state index in [4.69, 9.17) is 14.6 Å². The third-order valence-electron chi connectivity index (χ3n) is 2.25. The topological polar surface area (TPSA) is 93.6 Å². The maximum Gasteiger partial charge on any atom is 0.326 e. The van der Waals surface area contributed by atoms with Crippen molar-refractivity contribution in [3.63, 3.8) is 0 Å². The third-order valence-corrected chi connectivity index (χ3v) is 2.25. The molecule has 18 heavy (non-hydrogen) atoms. The normalized spacial score (nSPS) is 11.9. The summed E-state index contributed by atoms with van der Waals surface area (Å²) in [5.41, 5.74) is 0.695. The van der Waals surface area contributed by atoms with Gasteiger partial charge in [0.1, 0.15) is 6.04 Å². The number of aromatic nitrogens is 2. The lowest BCUT2D eigenvalue weighted by Gasteiger charge is -2.14. The molecule has 100 valence electrons. The van der Waals surface area contributed by atoms with E-state index in [0.29, 0.717) is 24.6 Å². The molecule has 7 nitrogen and oxygen atoms in total. The molecule has 1 aromatic heterocycles. The molecule has 0 amide bonds. The van der Waals surface area contributed by atoms with Gasteiger partial charge >= 0.3 is 5.97 Å². The van der Waals surface area contributed by atoms with Crippen molar-refractivity contribution in [3.05, 3.63) is 11.8 Å². The number of methoxy groups -OCH3 is 2. The van der Waals surface area contributed by atoms with Gasteiger partial charge in [0.05, 0.1) is 7.11 Å². The fourth-order valence-electron chi connectivity index (χ4n) is 1.36. The Labute approximate surface area is 105 Å². The molecule has 0 fully saturated rings. The van der Waals surface area contributed by atoms with E-state index in [1.165, 1.54) is 14.2 Å². The highest BCUT2D eigenvalue weighted by atomic mass is 16.5. The number of carbonyl (C=O) groups is 1. The van der Waals surface area contributed by atoms with Crippen LogP contribution in [0.4, 0.5) is 5.95 Å². The van der Waals surface area contributed by atoms with Crippen molar-refractivity contribution in [1.82, 2.24) is 9.97 Å². The standard InChI is InChI=1S/C11H17N3O4/c1-7-6-9(18-3)14-11(12-7)13-8(10(15)16)4-5-17-2/h6,8H,4-5H2,1-3H3,(H,15,16)(H,12,13,14). The van der Waals surface area contributed by atoms with Crippen molar-refractivity contribution in [2.45, 2.75) is 19.4 Å².